The molecule has 0 aliphatic carbocycles. The number of carbonyl (C=O) groups excluding carboxylic acids is 1. The molecule has 7 heteroatoms. The van der Waals surface area contributed by atoms with Gasteiger partial charge in [0, 0.05) is 16.7 Å². The number of nitrogens with zero attached hydrogens (tertiary/aromatic N) is 3. The van der Waals surface area contributed by atoms with Crippen LogP contribution in [-0.4, -0.2) is 21.2 Å². The molecule has 1 amide bonds. The fourth-order valence-corrected chi connectivity index (χ4v) is 3.17. The van der Waals surface area contributed by atoms with E-state index in [9.17, 15) is 4.79 Å². The van der Waals surface area contributed by atoms with Gasteiger partial charge >= 0.3 is 0 Å². The van der Waals surface area contributed by atoms with Gasteiger partial charge in [-0.05, 0) is 18.2 Å². The SMILES string of the molecule is O=C(NCc1nc(-c2ccccc2)no1)c1ccc2noc(-c3ccccc3)c2c1. The van der Waals surface area contributed by atoms with E-state index in [1.54, 1.807) is 18.2 Å². The second-order valence-corrected chi connectivity index (χ2v) is 6.67. The molecule has 0 aliphatic rings. The van der Waals surface area contributed by atoms with Gasteiger partial charge in [0.2, 0.25) is 11.7 Å². The van der Waals surface area contributed by atoms with Gasteiger partial charge in [-0.25, -0.2) is 0 Å². The smallest absolute Gasteiger partial charge is 0.251 e. The molecule has 0 fully saturated rings. The van der Waals surface area contributed by atoms with Crippen molar-refractivity contribution in [2.24, 2.45) is 0 Å². The number of amides is 1. The molecule has 0 unspecified atom stereocenters. The first-order valence-corrected chi connectivity index (χ1v) is 9.39. The Hall–Kier alpha value is -4.26. The number of rotatable bonds is 5. The van der Waals surface area contributed by atoms with Crippen molar-refractivity contribution in [2.45, 2.75) is 6.54 Å². The fourth-order valence-electron chi connectivity index (χ4n) is 3.17. The molecular formula is C23H16N4O3. The van der Waals surface area contributed by atoms with Gasteiger partial charge in [-0.3, -0.25) is 4.79 Å². The van der Waals surface area contributed by atoms with Crippen molar-refractivity contribution in [2.75, 3.05) is 0 Å². The standard InChI is InChI=1S/C23H16N4O3/c28-23(24-14-20-25-22(27-29-20)16-9-5-2-6-10-16)17-11-12-19-18(13-17)21(30-26-19)15-7-3-1-4-8-15/h1-13H,14H2,(H,24,28). The summed E-state index contributed by atoms with van der Waals surface area (Å²) < 4.78 is 10.7. The van der Waals surface area contributed by atoms with Crippen molar-refractivity contribution in [3.05, 3.63) is 90.3 Å². The molecule has 0 saturated heterocycles. The van der Waals surface area contributed by atoms with Crippen molar-refractivity contribution in [3.63, 3.8) is 0 Å². The minimum Gasteiger partial charge on any atom is -0.355 e. The molecule has 5 rings (SSSR count). The number of nitrogens with one attached hydrogen (secondary N) is 1. The Morgan fingerprint density at radius 2 is 1.57 bits per heavy atom. The molecule has 1 N–H and O–H groups in total. The van der Waals surface area contributed by atoms with E-state index in [0.29, 0.717) is 28.6 Å². The molecule has 0 atom stereocenters. The maximum atomic E-state index is 12.7. The lowest BCUT2D eigenvalue weighted by molar-refractivity contribution is 0.0946. The number of carbonyl (C=O) groups is 1. The number of hydrogen-bond donors (Lipinski definition) is 1. The van der Waals surface area contributed by atoms with E-state index in [1.165, 1.54) is 0 Å². The summed E-state index contributed by atoms with van der Waals surface area (Å²) in [7, 11) is 0. The van der Waals surface area contributed by atoms with Gasteiger partial charge in [-0.15, -0.1) is 0 Å². The lowest BCUT2D eigenvalue weighted by Gasteiger charge is -2.03. The van der Waals surface area contributed by atoms with Crippen LogP contribution in [0.25, 0.3) is 33.6 Å². The molecule has 7 nitrogen and oxygen atoms in total. The van der Waals surface area contributed by atoms with Crippen LogP contribution in [0.3, 0.4) is 0 Å². The third-order valence-electron chi connectivity index (χ3n) is 4.67. The summed E-state index contributed by atoms with van der Waals surface area (Å²) in [6.45, 7) is 0.131. The Morgan fingerprint density at radius 3 is 2.33 bits per heavy atom. The van der Waals surface area contributed by atoms with E-state index in [0.717, 1.165) is 16.5 Å². The first-order chi connectivity index (χ1) is 14.8. The summed E-state index contributed by atoms with van der Waals surface area (Å²) in [5, 5.41) is 11.6. The fraction of sp³-hybridized carbons (Fsp3) is 0.0435. The van der Waals surface area contributed by atoms with E-state index in [2.05, 4.69) is 20.6 Å². The lowest BCUT2D eigenvalue weighted by atomic mass is 10.1. The van der Waals surface area contributed by atoms with Gasteiger partial charge in [-0.1, -0.05) is 71.0 Å². The van der Waals surface area contributed by atoms with Crippen LogP contribution in [0.4, 0.5) is 0 Å². The third kappa shape index (κ3) is 3.44. The zero-order chi connectivity index (χ0) is 20.3. The van der Waals surface area contributed by atoms with Crippen LogP contribution in [0.5, 0.6) is 0 Å². The Morgan fingerprint density at radius 1 is 0.833 bits per heavy atom. The summed E-state index contributed by atoms with van der Waals surface area (Å²) in [4.78, 5) is 17.0. The molecule has 146 valence electrons. The van der Waals surface area contributed by atoms with Gasteiger partial charge in [-0.2, -0.15) is 4.98 Å². The Bertz CT molecular complexity index is 1310. The number of aromatic nitrogens is 3. The second kappa shape index (κ2) is 7.63. The molecule has 0 saturated carbocycles. The Balaban J connectivity index is 1.34. The highest BCUT2D eigenvalue weighted by atomic mass is 16.5. The van der Waals surface area contributed by atoms with Crippen molar-refractivity contribution in [1.82, 2.24) is 20.6 Å². The van der Waals surface area contributed by atoms with E-state index in [-0.39, 0.29) is 12.5 Å². The van der Waals surface area contributed by atoms with E-state index < -0.39 is 0 Å². The van der Waals surface area contributed by atoms with Crippen LogP contribution in [0, 0.1) is 0 Å². The maximum Gasteiger partial charge on any atom is 0.251 e. The van der Waals surface area contributed by atoms with Crippen molar-refractivity contribution >= 4 is 16.8 Å². The first kappa shape index (κ1) is 17.8. The normalized spacial score (nSPS) is 10.9. The molecule has 2 aromatic heterocycles. The van der Waals surface area contributed by atoms with Crippen LogP contribution in [0.15, 0.2) is 87.9 Å². The molecule has 0 radical (unpaired) electrons. The number of hydrogen-bond acceptors (Lipinski definition) is 6. The average Bonchev–Trinajstić information content (AvgIpc) is 3.45. The summed E-state index contributed by atoms with van der Waals surface area (Å²) in [5.74, 6) is 1.19. The Labute approximate surface area is 171 Å². The van der Waals surface area contributed by atoms with E-state index in [1.807, 2.05) is 60.7 Å². The van der Waals surface area contributed by atoms with Crippen LogP contribution in [0.2, 0.25) is 0 Å². The van der Waals surface area contributed by atoms with Gasteiger partial charge in [0.05, 0.1) is 11.9 Å². The number of benzene rings is 3. The molecule has 0 spiro atoms. The largest absolute Gasteiger partial charge is 0.355 e. The topological polar surface area (TPSA) is 94.1 Å². The van der Waals surface area contributed by atoms with Crippen molar-refractivity contribution < 1.29 is 13.8 Å². The Kier molecular flexibility index (Phi) is 4.53. The van der Waals surface area contributed by atoms with Gasteiger partial charge < -0.3 is 14.4 Å². The second-order valence-electron chi connectivity index (χ2n) is 6.67. The predicted molar refractivity (Wildman–Crippen MR) is 110 cm³/mol. The summed E-state index contributed by atoms with van der Waals surface area (Å²) in [6, 6.07) is 24.4. The highest BCUT2D eigenvalue weighted by molar-refractivity contribution is 6.00. The van der Waals surface area contributed by atoms with Crippen molar-refractivity contribution in [3.8, 4) is 22.7 Å². The summed E-state index contributed by atoms with van der Waals surface area (Å²) >= 11 is 0. The van der Waals surface area contributed by atoms with E-state index in [4.69, 9.17) is 9.05 Å². The summed E-state index contributed by atoms with van der Waals surface area (Å²) in [5.41, 5.74) is 2.93. The highest BCUT2D eigenvalue weighted by Crippen LogP contribution is 2.29. The monoisotopic (exact) mass is 396 g/mol. The van der Waals surface area contributed by atoms with Crippen molar-refractivity contribution in [1.29, 1.82) is 0 Å². The zero-order valence-corrected chi connectivity index (χ0v) is 15.8. The first-order valence-electron chi connectivity index (χ1n) is 9.39. The molecular weight excluding hydrogens is 380 g/mol. The van der Waals surface area contributed by atoms with Crippen LogP contribution in [0.1, 0.15) is 16.2 Å². The molecule has 0 aliphatic heterocycles. The van der Waals surface area contributed by atoms with Crippen LogP contribution in [-0.2, 0) is 6.54 Å². The molecule has 0 bridgehead atoms. The maximum absolute atomic E-state index is 12.7. The lowest BCUT2D eigenvalue weighted by Crippen LogP contribution is -2.22. The summed E-state index contributed by atoms with van der Waals surface area (Å²) in [6.07, 6.45) is 0. The minimum atomic E-state index is -0.253. The van der Waals surface area contributed by atoms with E-state index >= 15 is 0 Å². The predicted octanol–water partition coefficient (Wildman–Crippen LogP) is 4.47. The third-order valence-corrected chi connectivity index (χ3v) is 4.67. The molecule has 5 aromatic rings. The quantitative estimate of drug-likeness (QED) is 0.471. The van der Waals surface area contributed by atoms with Gasteiger partial charge in [0.25, 0.3) is 5.91 Å². The minimum absolute atomic E-state index is 0.131. The van der Waals surface area contributed by atoms with Gasteiger partial charge in [0.15, 0.2) is 5.76 Å². The molecule has 30 heavy (non-hydrogen) atoms. The number of fused-ring (bicyclic) bond motifs is 1. The molecule has 3 aromatic carbocycles. The average molecular weight is 396 g/mol. The molecule has 2 heterocycles. The highest BCUT2D eigenvalue weighted by Gasteiger charge is 2.15. The van der Waals surface area contributed by atoms with Gasteiger partial charge in [0.1, 0.15) is 5.52 Å². The van der Waals surface area contributed by atoms with Crippen LogP contribution >= 0.6 is 0 Å². The zero-order valence-electron chi connectivity index (χ0n) is 15.8. The van der Waals surface area contributed by atoms with Crippen LogP contribution < -0.4 is 5.32 Å².